The Morgan fingerprint density at radius 2 is 1.55 bits per heavy atom. The summed E-state index contributed by atoms with van der Waals surface area (Å²) in [5.74, 6) is -3.53. The number of benzene rings is 1. The number of halogens is 4. The molecule has 5 aromatic rings. The molecule has 0 radical (unpaired) electrons. The second kappa shape index (κ2) is 17.5. The van der Waals surface area contributed by atoms with Crippen LogP contribution in [0.3, 0.4) is 0 Å². The van der Waals surface area contributed by atoms with Crippen molar-refractivity contribution in [2.45, 2.75) is 107 Å². The van der Waals surface area contributed by atoms with Gasteiger partial charge in [-0.3, -0.25) is 29.4 Å². The number of piperazine rings is 2. The molecular formula is C48H53F4N13O2. The Bertz CT molecular complexity index is 2680. The molecule has 19 heteroatoms. The number of imide groups is 1. The normalized spacial score (nSPS) is 26.0. The number of amides is 2. The average molecular weight is 920 g/mol. The summed E-state index contributed by atoms with van der Waals surface area (Å²) in [6, 6.07) is 9.34. The smallest absolute Gasteiger partial charge is 0.249 e. The minimum Gasteiger partial charge on any atom is -0.373 e. The number of nitrogens with one attached hydrogen (secondary N) is 2. The Kier molecular flexibility index (Phi) is 11.4. The van der Waals surface area contributed by atoms with Crippen molar-refractivity contribution in [2.75, 3.05) is 60.9 Å². The van der Waals surface area contributed by atoms with Gasteiger partial charge in [0.25, 0.3) is 0 Å². The Hall–Kier alpha value is -6.13. The van der Waals surface area contributed by atoms with Gasteiger partial charge in [-0.1, -0.05) is 0 Å². The first-order valence-corrected chi connectivity index (χ1v) is 23.7. The summed E-state index contributed by atoms with van der Waals surface area (Å²) in [4.78, 5) is 42.7. The van der Waals surface area contributed by atoms with Crippen LogP contribution in [0.15, 0.2) is 55.2 Å². The van der Waals surface area contributed by atoms with Crippen molar-refractivity contribution in [2.24, 2.45) is 5.92 Å². The van der Waals surface area contributed by atoms with Crippen LogP contribution in [0.5, 0.6) is 0 Å². The first-order chi connectivity index (χ1) is 32.4. The van der Waals surface area contributed by atoms with E-state index in [-0.39, 0.29) is 49.0 Å². The van der Waals surface area contributed by atoms with E-state index in [0.717, 1.165) is 68.7 Å². The summed E-state index contributed by atoms with van der Waals surface area (Å²) >= 11 is 0. The van der Waals surface area contributed by atoms with Crippen LogP contribution in [0.25, 0.3) is 28.0 Å². The van der Waals surface area contributed by atoms with Gasteiger partial charge in [0.2, 0.25) is 17.7 Å². The Morgan fingerprint density at radius 1 is 0.821 bits per heavy atom. The van der Waals surface area contributed by atoms with Crippen LogP contribution in [0, 0.1) is 28.9 Å². The van der Waals surface area contributed by atoms with Gasteiger partial charge in [0.15, 0.2) is 11.6 Å². The van der Waals surface area contributed by atoms with Crippen LogP contribution < -0.4 is 20.4 Å². The molecule has 1 aromatic carbocycles. The molecule has 3 atom stereocenters. The minimum absolute atomic E-state index is 0.00442. The second-order valence-electron chi connectivity index (χ2n) is 19.4. The lowest BCUT2D eigenvalue weighted by atomic mass is 9.82. The quantitative estimate of drug-likeness (QED) is 0.117. The van der Waals surface area contributed by atoms with Crippen LogP contribution in [0.4, 0.5) is 34.8 Å². The maximum absolute atomic E-state index is 15.4. The summed E-state index contributed by atoms with van der Waals surface area (Å²) in [5.41, 5.74) is 3.99. The molecule has 0 spiro atoms. The molecule has 2 aliphatic carbocycles. The molecular weight excluding hydrogens is 867 g/mol. The summed E-state index contributed by atoms with van der Waals surface area (Å²) in [5, 5.41) is 24.4. The summed E-state index contributed by atoms with van der Waals surface area (Å²) < 4.78 is 62.0. The van der Waals surface area contributed by atoms with Crippen molar-refractivity contribution in [1.29, 1.82) is 5.26 Å². The Morgan fingerprint density at radius 3 is 2.24 bits per heavy atom. The Labute approximate surface area is 385 Å². The summed E-state index contributed by atoms with van der Waals surface area (Å²) in [7, 11) is 0. The van der Waals surface area contributed by atoms with E-state index in [9.17, 15) is 23.6 Å². The molecule has 9 heterocycles. The summed E-state index contributed by atoms with van der Waals surface area (Å²) in [6.45, 7) is 4.93. The maximum Gasteiger partial charge on any atom is 0.249 e. The van der Waals surface area contributed by atoms with Crippen LogP contribution >= 0.6 is 0 Å². The molecule has 5 aliphatic heterocycles. The number of nitrogens with zero attached hydrogens (tertiary/aromatic N) is 11. The van der Waals surface area contributed by atoms with Crippen LogP contribution in [0.2, 0.25) is 0 Å². The number of fused-ring (bicyclic) bond motifs is 3. The average Bonchev–Trinajstić information content (AvgIpc) is 4.00. The van der Waals surface area contributed by atoms with E-state index < -0.39 is 29.5 Å². The predicted molar refractivity (Wildman–Crippen MR) is 241 cm³/mol. The maximum atomic E-state index is 15.4. The van der Waals surface area contributed by atoms with Gasteiger partial charge < -0.3 is 15.1 Å². The van der Waals surface area contributed by atoms with Crippen LogP contribution in [-0.4, -0.2) is 127 Å². The first kappa shape index (κ1) is 43.4. The van der Waals surface area contributed by atoms with Crippen molar-refractivity contribution in [3.63, 3.8) is 0 Å². The first-order valence-electron chi connectivity index (χ1n) is 23.7. The van der Waals surface area contributed by atoms with Gasteiger partial charge in [-0.15, -0.1) is 0 Å². The molecule has 4 aromatic heterocycles. The van der Waals surface area contributed by atoms with Gasteiger partial charge in [-0.2, -0.15) is 15.5 Å². The topological polar surface area (TPSA) is 156 Å². The van der Waals surface area contributed by atoms with Gasteiger partial charge in [0.05, 0.1) is 36.0 Å². The molecule has 67 heavy (non-hydrogen) atoms. The molecule has 2 saturated carbocycles. The highest BCUT2D eigenvalue weighted by atomic mass is 19.3. The molecule has 7 aliphatic rings. The van der Waals surface area contributed by atoms with Crippen molar-refractivity contribution in [3.05, 3.63) is 72.4 Å². The lowest BCUT2D eigenvalue weighted by Gasteiger charge is -2.57. The zero-order chi connectivity index (χ0) is 46.0. The number of aromatic nitrogens is 6. The zero-order valence-corrected chi connectivity index (χ0v) is 37.1. The SMILES string of the molecule is N#Cc1cnn2cc(-c3cnn(C4CCC(N5CCN(c6c(F)cc(NC7CCC(=O)NC7=O)cc6F)CC5)CC4)c3)nc(-c3ccc(N4CC5CC(C4)N5CC4CCC(F)(F)CC4)nc3)c12. The number of rotatable bonds is 10. The lowest BCUT2D eigenvalue weighted by molar-refractivity contribution is -0.133. The fourth-order valence-corrected chi connectivity index (χ4v) is 11.6. The number of alkyl halides is 2. The zero-order valence-electron chi connectivity index (χ0n) is 37.1. The molecule has 15 nitrogen and oxygen atoms in total. The number of piperidine rings is 2. The third kappa shape index (κ3) is 8.58. The van der Waals surface area contributed by atoms with E-state index in [1.807, 2.05) is 41.6 Å². The van der Waals surface area contributed by atoms with E-state index in [1.54, 1.807) is 15.6 Å². The monoisotopic (exact) mass is 919 g/mol. The van der Waals surface area contributed by atoms with Gasteiger partial charge in [-0.25, -0.2) is 32.0 Å². The van der Waals surface area contributed by atoms with Gasteiger partial charge in [0.1, 0.15) is 34.7 Å². The molecule has 12 rings (SSSR count). The van der Waals surface area contributed by atoms with E-state index in [2.05, 4.69) is 36.5 Å². The highest BCUT2D eigenvalue weighted by molar-refractivity contribution is 6.01. The molecule has 2 bridgehead atoms. The third-order valence-corrected chi connectivity index (χ3v) is 15.3. The number of pyridine rings is 1. The van der Waals surface area contributed by atoms with E-state index in [4.69, 9.17) is 15.1 Å². The molecule has 5 saturated heterocycles. The van der Waals surface area contributed by atoms with Crippen molar-refractivity contribution in [3.8, 4) is 28.6 Å². The predicted octanol–water partition coefficient (Wildman–Crippen LogP) is 6.42. The lowest BCUT2D eigenvalue weighted by Crippen LogP contribution is -2.69. The van der Waals surface area contributed by atoms with E-state index in [0.29, 0.717) is 85.5 Å². The fraction of sp³-hybridized carbons (Fsp3) is 0.521. The van der Waals surface area contributed by atoms with Crippen LogP contribution in [-0.2, 0) is 9.59 Å². The number of hydrogen-bond donors (Lipinski definition) is 2. The Balaban J connectivity index is 0.707. The standard InChI is InChI=1S/C48H53F4N13O2/c49-38-17-33(57-40-6-8-43(66)59-47(40)67)18-39(50)46(38)61-15-13-60(14-16-61)34-2-4-35(5-3-34)64-25-32(23-55-64)41-28-65-45(31(20-53)22-56-65)44(58-41)30-1-7-42(54-21-30)62-26-36-19-37(27-62)63(36)24-29-9-11-48(51,52)12-10-29/h1,7,17-18,21-23,25,28-29,34-37,40,57H,2-6,8-16,19,24,26-27H2,(H,59,66,67). The molecule has 2 amide bonds. The molecule has 2 N–H and O–H groups in total. The van der Waals surface area contributed by atoms with Crippen molar-refractivity contribution in [1.82, 2.24) is 44.5 Å². The van der Waals surface area contributed by atoms with Gasteiger partial charge in [-0.05, 0) is 81.5 Å². The molecule has 350 valence electrons. The third-order valence-electron chi connectivity index (χ3n) is 15.3. The molecule has 3 unspecified atom stereocenters. The summed E-state index contributed by atoms with van der Waals surface area (Å²) in [6.07, 6.45) is 15.6. The van der Waals surface area contributed by atoms with E-state index >= 15 is 8.78 Å². The highest BCUT2D eigenvalue weighted by Crippen LogP contribution is 2.41. The highest BCUT2D eigenvalue weighted by Gasteiger charge is 2.46. The number of nitriles is 1. The number of carbonyl (C=O) groups excluding carboxylic acids is 2. The van der Waals surface area contributed by atoms with Crippen molar-refractivity contribution < 1.29 is 27.2 Å². The number of anilines is 3. The van der Waals surface area contributed by atoms with E-state index in [1.165, 1.54) is 12.1 Å². The largest absolute Gasteiger partial charge is 0.373 e. The van der Waals surface area contributed by atoms with Gasteiger partial charge in [0, 0.05) is 112 Å². The van der Waals surface area contributed by atoms with Crippen LogP contribution in [0.1, 0.15) is 82.2 Å². The van der Waals surface area contributed by atoms with Crippen molar-refractivity contribution >= 4 is 34.5 Å². The fourth-order valence-electron chi connectivity index (χ4n) is 11.6. The number of carbonyl (C=O) groups is 2. The minimum atomic E-state index is -2.50. The second-order valence-corrected chi connectivity index (χ2v) is 19.4. The van der Waals surface area contributed by atoms with Gasteiger partial charge >= 0.3 is 0 Å². The number of hydrogen-bond acceptors (Lipinski definition) is 12. The molecule has 7 fully saturated rings.